The summed E-state index contributed by atoms with van der Waals surface area (Å²) in [6.07, 6.45) is 1.84. The van der Waals surface area contributed by atoms with Gasteiger partial charge in [-0.25, -0.2) is 0 Å². The van der Waals surface area contributed by atoms with Crippen LogP contribution in [0.2, 0.25) is 0 Å². The predicted molar refractivity (Wildman–Crippen MR) is 103 cm³/mol. The van der Waals surface area contributed by atoms with Crippen LogP contribution >= 0.6 is 22.5 Å². The van der Waals surface area contributed by atoms with Crippen molar-refractivity contribution in [2.24, 2.45) is 0 Å². The lowest BCUT2D eigenvalue weighted by Gasteiger charge is -1.97. The van der Waals surface area contributed by atoms with Crippen LogP contribution in [-0.2, 0) is 0 Å². The van der Waals surface area contributed by atoms with Crippen LogP contribution in [-0.4, -0.2) is 29.1 Å². The van der Waals surface area contributed by atoms with Gasteiger partial charge in [0.05, 0.1) is 0 Å². The number of nitrogens with one attached hydrogen (secondary N) is 1. The van der Waals surface area contributed by atoms with Gasteiger partial charge in [-0.05, 0) is 31.2 Å². The molecule has 1 rings (SSSR count). The van der Waals surface area contributed by atoms with Crippen molar-refractivity contribution >= 4 is 22.5 Å². The molecule has 0 amide bonds. The SMILES string of the molecule is C=CCNCC(=C)C.CC.O.O.Oc1ccc(S)cc1.P. The number of phenols is 1. The van der Waals surface area contributed by atoms with Crippen molar-refractivity contribution in [3.63, 3.8) is 0 Å². The molecule has 1 aromatic carbocycles. The lowest BCUT2D eigenvalue weighted by Crippen LogP contribution is -2.14. The average Bonchev–Trinajstić information content (AvgIpc) is 2.36. The highest BCUT2D eigenvalue weighted by Gasteiger charge is 1.82. The number of aromatic hydroxyl groups is 1. The van der Waals surface area contributed by atoms with E-state index in [1.807, 2.05) is 26.8 Å². The zero-order chi connectivity index (χ0) is 14.4. The van der Waals surface area contributed by atoms with Gasteiger partial charge in [-0.1, -0.05) is 32.1 Å². The third-order valence-electron chi connectivity index (χ3n) is 1.57. The number of thiol groups is 1. The third-order valence-corrected chi connectivity index (χ3v) is 1.86. The summed E-state index contributed by atoms with van der Waals surface area (Å²) in [6, 6.07) is 6.67. The van der Waals surface area contributed by atoms with Gasteiger partial charge in [0, 0.05) is 18.0 Å². The summed E-state index contributed by atoms with van der Waals surface area (Å²) >= 11 is 4.02. The van der Waals surface area contributed by atoms with E-state index in [9.17, 15) is 0 Å². The largest absolute Gasteiger partial charge is 0.508 e. The van der Waals surface area contributed by atoms with Gasteiger partial charge in [-0.2, -0.15) is 9.90 Å². The van der Waals surface area contributed by atoms with E-state index in [4.69, 9.17) is 5.11 Å². The number of hydrogen-bond donors (Lipinski definition) is 3. The molecule has 0 heterocycles. The van der Waals surface area contributed by atoms with Crippen LogP contribution in [0.25, 0.3) is 0 Å². The fourth-order valence-corrected chi connectivity index (χ4v) is 0.989. The van der Waals surface area contributed by atoms with Crippen molar-refractivity contribution in [1.29, 1.82) is 0 Å². The second-order valence-corrected chi connectivity index (χ2v) is 3.91. The highest BCUT2D eigenvalue weighted by atomic mass is 32.1. The van der Waals surface area contributed by atoms with Crippen molar-refractivity contribution in [3.05, 3.63) is 49.1 Å². The standard InChI is InChI=1S/C7H13N.C6H6OS.C2H6.2H2O.H3P/c1-4-5-8-6-7(2)3;7-5-1-3-6(8)4-2-5;1-2;;;/h4,8H,1-2,5-6H2,3H3;1-4,7-8H;1-2H3;2*1H2;1H3. The van der Waals surface area contributed by atoms with Crippen LogP contribution in [0.1, 0.15) is 20.8 Å². The first-order valence-electron chi connectivity index (χ1n) is 6.00. The molecule has 0 radical (unpaired) electrons. The molecule has 0 saturated carbocycles. The second-order valence-electron chi connectivity index (χ2n) is 3.39. The molecule has 0 aliphatic rings. The maximum absolute atomic E-state index is 8.72. The van der Waals surface area contributed by atoms with E-state index in [-0.39, 0.29) is 26.6 Å². The molecule has 1 unspecified atom stereocenters. The summed E-state index contributed by atoms with van der Waals surface area (Å²) in [5, 5.41) is 11.8. The molecule has 0 spiro atoms. The Hall–Kier alpha value is -0.840. The Labute approximate surface area is 138 Å². The van der Waals surface area contributed by atoms with E-state index in [1.54, 1.807) is 24.3 Å². The molecule has 0 aliphatic carbocycles. The number of rotatable bonds is 4. The molecule has 6 heteroatoms. The van der Waals surface area contributed by atoms with Gasteiger partial charge >= 0.3 is 0 Å². The van der Waals surface area contributed by atoms with E-state index in [1.165, 1.54) is 0 Å². The van der Waals surface area contributed by atoms with Crippen molar-refractivity contribution < 1.29 is 16.1 Å². The maximum Gasteiger partial charge on any atom is 0.115 e. The van der Waals surface area contributed by atoms with Crippen molar-refractivity contribution in [2.75, 3.05) is 13.1 Å². The van der Waals surface area contributed by atoms with Gasteiger partial charge in [0.15, 0.2) is 0 Å². The van der Waals surface area contributed by atoms with Gasteiger partial charge in [-0.15, -0.1) is 19.2 Å². The van der Waals surface area contributed by atoms with E-state index in [2.05, 4.69) is 31.1 Å². The van der Waals surface area contributed by atoms with Crippen molar-refractivity contribution in [2.45, 2.75) is 25.7 Å². The minimum absolute atomic E-state index is 0. The monoisotopic (exact) mass is 337 g/mol. The van der Waals surface area contributed by atoms with Crippen molar-refractivity contribution in [1.82, 2.24) is 5.32 Å². The molecule has 0 aliphatic heterocycles. The minimum Gasteiger partial charge on any atom is -0.508 e. The van der Waals surface area contributed by atoms with Gasteiger partial charge in [0.1, 0.15) is 5.75 Å². The highest BCUT2D eigenvalue weighted by molar-refractivity contribution is 7.80. The van der Waals surface area contributed by atoms with Crippen LogP contribution in [0, 0.1) is 0 Å². The third kappa shape index (κ3) is 28.1. The van der Waals surface area contributed by atoms with Crippen molar-refractivity contribution in [3.8, 4) is 5.75 Å². The zero-order valence-electron chi connectivity index (χ0n) is 13.3. The smallest absolute Gasteiger partial charge is 0.115 e. The van der Waals surface area contributed by atoms with Crippen LogP contribution in [0.15, 0.2) is 54.0 Å². The summed E-state index contributed by atoms with van der Waals surface area (Å²) in [5.41, 5.74) is 1.16. The Kier molecular flexibility index (Phi) is 37.1. The Morgan fingerprint density at radius 2 is 1.67 bits per heavy atom. The molecule has 0 fully saturated rings. The normalized spacial score (nSPS) is 7.05. The molecule has 0 aromatic heterocycles. The van der Waals surface area contributed by atoms with Crippen LogP contribution in [0.3, 0.4) is 0 Å². The zero-order valence-corrected chi connectivity index (χ0v) is 15.6. The van der Waals surface area contributed by atoms with Gasteiger partial charge < -0.3 is 21.4 Å². The summed E-state index contributed by atoms with van der Waals surface area (Å²) in [5.74, 6) is 0.280. The van der Waals surface area contributed by atoms with E-state index in [0.29, 0.717) is 0 Å². The predicted octanol–water partition coefficient (Wildman–Crippen LogP) is 2.45. The molecule has 0 saturated heterocycles. The summed E-state index contributed by atoms with van der Waals surface area (Å²) in [4.78, 5) is 0.864. The number of hydrogen-bond acceptors (Lipinski definition) is 3. The van der Waals surface area contributed by atoms with E-state index >= 15 is 0 Å². The van der Waals surface area contributed by atoms with Gasteiger partial charge in [0.2, 0.25) is 0 Å². The topological polar surface area (TPSA) is 95.3 Å². The summed E-state index contributed by atoms with van der Waals surface area (Å²) in [7, 11) is 0. The Balaban J connectivity index is -0.0000000643. The molecule has 1 atom stereocenters. The minimum atomic E-state index is 0. The molecule has 21 heavy (non-hydrogen) atoms. The molecule has 126 valence electrons. The average molecular weight is 337 g/mol. The molecule has 0 bridgehead atoms. The Bertz CT molecular complexity index is 311. The number of benzene rings is 1. The van der Waals surface area contributed by atoms with E-state index < -0.39 is 0 Å². The first-order valence-corrected chi connectivity index (χ1v) is 6.45. The highest BCUT2D eigenvalue weighted by Crippen LogP contribution is 2.11. The summed E-state index contributed by atoms with van der Waals surface area (Å²) in [6.45, 7) is 15.1. The van der Waals surface area contributed by atoms with Crippen LogP contribution in [0.4, 0.5) is 0 Å². The van der Waals surface area contributed by atoms with Gasteiger partial charge in [-0.3, -0.25) is 0 Å². The molecule has 1 aromatic rings. The first-order chi connectivity index (χ1) is 8.56. The second kappa shape index (κ2) is 24.2. The molecule has 6 N–H and O–H groups in total. The lowest BCUT2D eigenvalue weighted by atomic mass is 10.3. The molecule has 4 nitrogen and oxygen atoms in total. The Morgan fingerprint density at radius 3 is 1.95 bits per heavy atom. The van der Waals surface area contributed by atoms with Crippen LogP contribution in [0.5, 0.6) is 5.75 Å². The fraction of sp³-hybridized carbons (Fsp3) is 0.333. The number of phenolic OH excluding ortho intramolecular Hbond substituents is 1. The maximum atomic E-state index is 8.72. The molecular formula is C15H32NO3PS. The Morgan fingerprint density at radius 1 is 1.24 bits per heavy atom. The summed E-state index contributed by atoms with van der Waals surface area (Å²) < 4.78 is 0. The van der Waals surface area contributed by atoms with Gasteiger partial charge in [0.25, 0.3) is 0 Å². The lowest BCUT2D eigenvalue weighted by molar-refractivity contribution is 0.475. The molecular weight excluding hydrogens is 305 g/mol. The first kappa shape index (κ1) is 32.2. The quantitative estimate of drug-likeness (QED) is 0.340. The fourth-order valence-electron chi connectivity index (χ4n) is 0.840. The van der Waals surface area contributed by atoms with E-state index in [0.717, 1.165) is 23.6 Å². The van der Waals surface area contributed by atoms with Crippen LogP contribution < -0.4 is 5.32 Å².